The van der Waals surface area contributed by atoms with Crippen LogP contribution < -0.4 is 16.4 Å². The standard InChI is InChI=1S/C19H24N2O7Si/c1-29(2,3)13-7-5-4-6-11(13)18(25)28-16-12(10-22)27-17(15(16)24)21-9-8-14(23)20-19(21)26/h4-9,12,15-17,22,24H,10H2,1-3H3,(H,20,23,26)/t12-,15-,16-,17-/m1/s1. The summed E-state index contributed by atoms with van der Waals surface area (Å²) < 4.78 is 12.1. The third kappa shape index (κ3) is 4.25. The van der Waals surface area contributed by atoms with Crippen LogP contribution in [0.15, 0.2) is 46.1 Å². The minimum atomic E-state index is -1.84. The van der Waals surface area contributed by atoms with Crippen molar-refractivity contribution >= 4 is 19.2 Å². The third-order valence-electron chi connectivity index (χ3n) is 4.81. The van der Waals surface area contributed by atoms with Crippen molar-refractivity contribution in [2.24, 2.45) is 0 Å². The van der Waals surface area contributed by atoms with Crippen LogP contribution in [-0.4, -0.2) is 58.7 Å². The molecule has 29 heavy (non-hydrogen) atoms. The van der Waals surface area contributed by atoms with Crippen molar-refractivity contribution in [2.45, 2.75) is 44.2 Å². The van der Waals surface area contributed by atoms with E-state index in [-0.39, 0.29) is 0 Å². The van der Waals surface area contributed by atoms with Crippen molar-refractivity contribution in [2.75, 3.05) is 6.61 Å². The number of aliphatic hydroxyl groups is 2. The first-order valence-corrected chi connectivity index (χ1v) is 12.7. The fourth-order valence-electron chi connectivity index (χ4n) is 3.37. The smallest absolute Gasteiger partial charge is 0.338 e. The van der Waals surface area contributed by atoms with Crippen LogP contribution in [0.5, 0.6) is 0 Å². The molecule has 2 aromatic rings. The molecular weight excluding hydrogens is 396 g/mol. The number of aliphatic hydroxyl groups excluding tert-OH is 2. The predicted molar refractivity (Wildman–Crippen MR) is 107 cm³/mol. The Kier molecular flexibility index (Phi) is 5.89. The maximum atomic E-state index is 12.9. The number of rotatable bonds is 5. The first kappa shape index (κ1) is 21.2. The molecule has 0 amide bonds. The number of aromatic nitrogens is 2. The summed E-state index contributed by atoms with van der Waals surface area (Å²) in [6.07, 6.45) is -3.68. The maximum absolute atomic E-state index is 12.9. The van der Waals surface area contributed by atoms with Crippen LogP contribution in [0.2, 0.25) is 19.6 Å². The van der Waals surface area contributed by atoms with Crippen molar-refractivity contribution in [1.82, 2.24) is 9.55 Å². The van der Waals surface area contributed by atoms with Crippen LogP contribution in [0.25, 0.3) is 0 Å². The van der Waals surface area contributed by atoms with Gasteiger partial charge >= 0.3 is 11.7 Å². The van der Waals surface area contributed by atoms with Crippen molar-refractivity contribution in [3.63, 3.8) is 0 Å². The molecule has 0 spiro atoms. The second kappa shape index (κ2) is 8.07. The monoisotopic (exact) mass is 420 g/mol. The molecular formula is C19H24N2O7Si. The molecule has 2 heterocycles. The van der Waals surface area contributed by atoms with E-state index in [2.05, 4.69) is 24.6 Å². The summed E-state index contributed by atoms with van der Waals surface area (Å²) in [4.78, 5) is 38.2. The van der Waals surface area contributed by atoms with Gasteiger partial charge in [-0.3, -0.25) is 14.3 Å². The van der Waals surface area contributed by atoms with E-state index in [0.717, 1.165) is 15.8 Å². The van der Waals surface area contributed by atoms with Gasteiger partial charge in [0.25, 0.3) is 5.56 Å². The number of hydrogen-bond acceptors (Lipinski definition) is 7. The van der Waals surface area contributed by atoms with E-state index in [1.807, 2.05) is 12.1 Å². The zero-order valence-electron chi connectivity index (χ0n) is 16.4. The molecule has 0 radical (unpaired) electrons. The quantitative estimate of drug-likeness (QED) is 0.441. The number of carbonyl (C=O) groups is 1. The molecule has 0 unspecified atom stereocenters. The fourth-order valence-corrected chi connectivity index (χ4v) is 4.96. The Morgan fingerprint density at radius 2 is 1.93 bits per heavy atom. The molecule has 0 aliphatic carbocycles. The predicted octanol–water partition coefficient (Wildman–Crippen LogP) is -0.442. The Hall–Kier alpha value is -2.53. The van der Waals surface area contributed by atoms with E-state index in [1.165, 1.54) is 6.20 Å². The highest BCUT2D eigenvalue weighted by molar-refractivity contribution is 6.89. The van der Waals surface area contributed by atoms with Gasteiger partial charge < -0.3 is 19.7 Å². The molecule has 3 N–H and O–H groups in total. The average molecular weight is 420 g/mol. The number of H-pyrrole nitrogens is 1. The molecule has 156 valence electrons. The van der Waals surface area contributed by atoms with Gasteiger partial charge in [-0.05, 0) is 11.3 Å². The van der Waals surface area contributed by atoms with Gasteiger partial charge in [0, 0.05) is 12.3 Å². The first-order valence-electron chi connectivity index (χ1n) is 9.20. The number of benzene rings is 1. The summed E-state index contributed by atoms with van der Waals surface area (Å²) in [5, 5.41) is 21.2. The van der Waals surface area contributed by atoms with Gasteiger partial charge in [0.15, 0.2) is 12.3 Å². The molecule has 1 aliphatic heterocycles. The van der Waals surface area contributed by atoms with Gasteiger partial charge in [-0.15, -0.1) is 0 Å². The van der Waals surface area contributed by atoms with E-state index < -0.39 is 56.4 Å². The Morgan fingerprint density at radius 3 is 2.55 bits per heavy atom. The molecule has 1 aromatic carbocycles. The Labute approximate surface area is 167 Å². The summed E-state index contributed by atoms with van der Waals surface area (Å²) in [6.45, 7) is 5.77. The average Bonchev–Trinajstić information content (AvgIpc) is 2.97. The highest BCUT2D eigenvalue weighted by atomic mass is 28.3. The topological polar surface area (TPSA) is 131 Å². The van der Waals surface area contributed by atoms with Crippen LogP contribution in [-0.2, 0) is 9.47 Å². The Balaban J connectivity index is 1.88. The van der Waals surface area contributed by atoms with Crippen LogP contribution in [0, 0.1) is 0 Å². The largest absolute Gasteiger partial charge is 0.453 e. The maximum Gasteiger partial charge on any atom is 0.338 e. The minimum absolute atomic E-state index is 0.403. The van der Waals surface area contributed by atoms with Crippen molar-refractivity contribution in [1.29, 1.82) is 0 Å². The van der Waals surface area contributed by atoms with Gasteiger partial charge in [0.1, 0.15) is 12.2 Å². The summed E-state index contributed by atoms with van der Waals surface area (Å²) >= 11 is 0. The SMILES string of the molecule is C[Si](C)(C)c1ccccc1C(=O)O[C@H]1[C@@H](O)[C@H](n2ccc(=O)[nH]c2=O)O[C@@H]1CO. The molecule has 1 aliphatic rings. The van der Waals surface area contributed by atoms with Crippen LogP contribution in [0.3, 0.4) is 0 Å². The molecule has 10 heteroatoms. The lowest BCUT2D eigenvalue weighted by atomic mass is 10.1. The summed E-state index contributed by atoms with van der Waals surface area (Å²) in [6, 6.07) is 8.24. The van der Waals surface area contributed by atoms with Crippen molar-refractivity contribution < 1.29 is 24.5 Å². The summed E-state index contributed by atoms with van der Waals surface area (Å²) in [5.41, 5.74) is -0.974. The molecule has 4 atom stereocenters. The molecule has 1 fully saturated rings. The molecule has 1 aromatic heterocycles. The minimum Gasteiger partial charge on any atom is -0.453 e. The normalized spacial score (nSPS) is 24.4. The first-order chi connectivity index (χ1) is 13.6. The van der Waals surface area contributed by atoms with Gasteiger partial charge in [-0.25, -0.2) is 9.59 Å². The highest BCUT2D eigenvalue weighted by Gasteiger charge is 2.47. The molecule has 0 bridgehead atoms. The number of nitrogens with zero attached hydrogens (tertiary/aromatic N) is 1. The second-order valence-corrected chi connectivity index (χ2v) is 13.0. The van der Waals surface area contributed by atoms with Crippen LogP contribution >= 0.6 is 0 Å². The van der Waals surface area contributed by atoms with E-state index in [9.17, 15) is 24.6 Å². The summed E-state index contributed by atoms with van der Waals surface area (Å²) in [5.74, 6) is -0.636. The van der Waals surface area contributed by atoms with E-state index >= 15 is 0 Å². The lowest BCUT2D eigenvalue weighted by molar-refractivity contribution is -0.0563. The highest BCUT2D eigenvalue weighted by Crippen LogP contribution is 2.30. The van der Waals surface area contributed by atoms with E-state index in [1.54, 1.807) is 12.1 Å². The molecule has 0 saturated carbocycles. The van der Waals surface area contributed by atoms with Gasteiger partial charge in [-0.2, -0.15) is 0 Å². The second-order valence-electron chi connectivity index (χ2n) is 7.92. The Morgan fingerprint density at radius 1 is 1.24 bits per heavy atom. The lowest BCUT2D eigenvalue weighted by Gasteiger charge is -2.23. The van der Waals surface area contributed by atoms with Crippen LogP contribution in [0.4, 0.5) is 0 Å². The zero-order chi connectivity index (χ0) is 21.3. The van der Waals surface area contributed by atoms with E-state index in [4.69, 9.17) is 9.47 Å². The number of nitrogens with one attached hydrogen (secondary N) is 1. The Bertz CT molecular complexity index is 1010. The van der Waals surface area contributed by atoms with Gasteiger partial charge in [0.05, 0.1) is 20.2 Å². The third-order valence-corrected chi connectivity index (χ3v) is 6.86. The number of aromatic amines is 1. The molecule has 1 saturated heterocycles. The van der Waals surface area contributed by atoms with Crippen LogP contribution in [0.1, 0.15) is 16.6 Å². The number of esters is 1. The lowest BCUT2D eigenvalue weighted by Crippen LogP contribution is -2.44. The van der Waals surface area contributed by atoms with Crippen molar-refractivity contribution in [3.8, 4) is 0 Å². The van der Waals surface area contributed by atoms with Crippen molar-refractivity contribution in [3.05, 3.63) is 62.9 Å². The number of ether oxygens (including phenoxy) is 2. The number of carbonyl (C=O) groups excluding carboxylic acids is 1. The molecule has 9 nitrogen and oxygen atoms in total. The van der Waals surface area contributed by atoms with E-state index in [0.29, 0.717) is 5.56 Å². The fraction of sp³-hybridized carbons (Fsp3) is 0.421. The van der Waals surface area contributed by atoms with Gasteiger partial charge in [0.2, 0.25) is 0 Å². The number of hydrogen-bond donors (Lipinski definition) is 3. The summed E-state index contributed by atoms with van der Waals surface area (Å²) in [7, 11) is -1.84. The molecule has 3 rings (SSSR count). The van der Waals surface area contributed by atoms with Gasteiger partial charge in [-0.1, -0.05) is 37.8 Å². The zero-order valence-corrected chi connectivity index (χ0v) is 17.4.